The van der Waals surface area contributed by atoms with Gasteiger partial charge in [0.05, 0.1) is 0 Å². The highest BCUT2D eigenvalue weighted by atomic mass is 35.5. The molecular weight excluding hydrogens is 468 g/mol. The Labute approximate surface area is 220 Å². The number of nitrogens with zero attached hydrogens (tertiary/aromatic N) is 1. The van der Waals surface area contributed by atoms with Gasteiger partial charge in [-0.15, -0.1) is 0 Å². The molecule has 4 nitrogen and oxygen atoms in total. The van der Waals surface area contributed by atoms with Crippen molar-refractivity contribution in [1.29, 1.82) is 0 Å². The zero-order chi connectivity index (χ0) is 25.9. The summed E-state index contributed by atoms with van der Waals surface area (Å²) in [4.78, 5) is 28.9. The van der Waals surface area contributed by atoms with Gasteiger partial charge in [-0.1, -0.05) is 105 Å². The van der Waals surface area contributed by atoms with Crippen LogP contribution in [0.25, 0.3) is 0 Å². The van der Waals surface area contributed by atoms with Crippen LogP contribution in [0, 0.1) is 5.92 Å². The lowest BCUT2D eigenvalue weighted by atomic mass is 10.0. The highest BCUT2D eigenvalue weighted by Gasteiger charge is 2.30. The first kappa shape index (κ1) is 27.5. The predicted molar refractivity (Wildman–Crippen MR) is 148 cm³/mol. The van der Waals surface area contributed by atoms with E-state index in [1.165, 1.54) is 5.56 Å². The van der Waals surface area contributed by atoms with Gasteiger partial charge < -0.3 is 10.2 Å². The highest BCUT2D eigenvalue weighted by molar-refractivity contribution is 6.31. The summed E-state index contributed by atoms with van der Waals surface area (Å²) in [6, 6.07) is 25.1. The fourth-order valence-corrected chi connectivity index (χ4v) is 4.32. The molecule has 3 rings (SSSR count). The van der Waals surface area contributed by atoms with E-state index in [1.54, 1.807) is 4.90 Å². The Morgan fingerprint density at radius 3 is 2.14 bits per heavy atom. The van der Waals surface area contributed by atoms with E-state index < -0.39 is 6.04 Å². The van der Waals surface area contributed by atoms with Crippen LogP contribution in [-0.2, 0) is 35.4 Å². The van der Waals surface area contributed by atoms with Gasteiger partial charge in [0, 0.05) is 31.0 Å². The predicted octanol–water partition coefficient (Wildman–Crippen LogP) is 6.25. The van der Waals surface area contributed by atoms with Crippen LogP contribution in [0.5, 0.6) is 0 Å². The second-order valence-corrected chi connectivity index (χ2v) is 10.0. The summed E-state index contributed by atoms with van der Waals surface area (Å²) >= 11 is 6.48. The summed E-state index contributed by atoms with van der Waals surface area (Å²) in [5.74, 6) is 0.112. The second-order valence-electron chi connectivity index (χ2n) is 9.63. The third-order valence-corrected chi connectivity index (χ3v) is 6.68. The van der Waals surface area contributed by atoms with Gasteiger partial charge >= 0.3 is 0 Å². The van der Waals surface area contributed by atoms with Gasteiger partial charge in [0.2, 0.25) is 11.8 Å². The quantitative estimate of drug-likeness (QED) is 0.317. The molecule has 0 aromatic heterocycles. The second kappa shape index (κ2) is 13.8. The third kappa shape index (κ3) is 8.23. The number of aryl methyl sites for hydroxylation is 2. The molecule has 0 fully saturated rings. The molecule has 0 saturated carbocycles. The van der Waals surface area contributed by atoms with Gasteiger partial charge in [-0.2, -0.15) is 0 Å². The lowest BCUT2D eigenvalue weighted by Gasteiger charge is -2.32. The molecule has 190 valence electrons. The van der Waals surface area contributed by atoms with E-state index in [9.17, 15) is 9.59 Å². The minimum absolute atomic E-state index is 0.0601. The number of carbonyl (C=O) groups excluding carboxylic acids is 2. The van der Waals surface area contributed by atoms with Crippen molar-refractivity contribution in [3.63, 3.8) is 0 Å². The summed E-state index contributed by atoms with van der Waals surface area (Å²) in [5, 5.41) is 3.65. The molecule has 5 heteroatoms. The topological polar surface area (TPSA) is 49.4 Å². The largest absolute Gasteiger partial charge is 0.354 e. The molecule has 1 N–H and O–H groups in total. The fourth-order valence-electron chi connectivity index (χ4n) is 4.12. The molecule has 1 atom stereocenters. The van der Waals surface area contributed by atoms with E-state index in [1.807, 2.05) is 54.6 Å². The average molecular weight is 505 g/mol. The number of halogens is 1. The molecule has 0 aliphatic rings. The monoisotopic (exact) mass is 504 g/mol. The zero-order valence-electron chi connectivity index (χ0n) is 21.5. The van der Waals surface area contributed by atoms with E-state index in [2.05, 4.69) is 50.4 Å². The number of hydrogen-bond acceptors (Lipinski definition) is 2. The Morgan fingerprint density at radius 1 is 0.861 bits per heavy atom. The third-order valence-electron chi connectivity index (χ3n) is 6.31. The van der Waals surface area contributed by atoms with Crippen LogP contribution in [0.4, 0.5) is 0 Å². The van der Waals surface area contributed by atoms with Gasteiger partial charge in [-0.05, 0) is 47.1 Å². The first-order valence-electron chi connectivity index (χ1n) is 12.8. The molecule has 2 amide bonds. The summed E-state index contributed by atoms with van der Waals surface area (Å²) in [6.45, 7) is 7.08. The van der Waals surface area contributed by atoms with Crippen LogP contribution in [0.1, 0.15) is 49.4 Å². The first-order chi connectivity index (χ1) is 17.4. The van der Waals surface area contributed by atoms with Gasteiger partial charge in [-0.3, -0.25) is 9.59 Å². The van der Waals surface area contributed by atoms with Crippen molar-refractivity contribution in [2.45, 2.75) is 59.0 Å². The number of rotatable bonds is 12. The average Bonchev–Trinajstić information content (AvgIpc) is 2.89. The minimum Gasteiger partial charge on any atom is -0.354 e. The van der Waals surface area contributed by atoms with Crippen molar-refractivity contribution in [3.8, 4) is 0 Å². The van der Waals surface area contributed by atoms with Crippen molar-refractivity contribution in [1.82, 2.24) is 10.2 Å². The van der Waals surface area contributed by atoms with Crippen LogP contribution in [0.2, 0.25) is 5.02 Å². The maximum atomic E-state index is 13.7. The molecule has 0 radical (unpaired) electrons. The lowest BCUT2D eigenvalue weighted by Crippen LogP contribution is -2.51. The van der Waals surface area contributed by atoms with Crippen molar-refractivity contribution in [2.75, 3.05) is 6.54 Å². The Morgan fingerprint density at radius 2 is 1.50 bits per heavy atom. The van der Waals surface area contributed by atoms with E-state index in [-0.39, 0.29) is 18.4 Å². The molecule has 3 aromatic rings. The number of amides is 2. The maximum Gasteiger partial charge on any atom is 0.243 e. The van der Waals surface area contributed by atoms with E-state index in [0.717, 1.165) is 23.1 Å². The number of benzene rings is 3. The van der Waals surface area contributed by atoms with Gasteiger partial charge in [0.15, 0.2) is 0 Å². The minimum atomic E-state index is -0.641. The molecular formula is C31H37ClN2O2. The standard InChI is InChI=1S/C31H37ClN2O2/c1-4-24-14-16-25(17-15-24)18-19-30(35)34(22-27-12-8-9-13-28(27)32)29(31(36)33-21-23(2)3)20-26-10-6-5-7-11-26/h5-17,23,29H,4,18-22H2,1-3H3,(H,33,36)/t29-/m0/s1. The van der Waals surface area contributed by atoms with Gasteiger partial charge in [0.1, 0.15) is 6.04 Å². The van der Waals surface area contributed by atoms with Crippen LogP contribution < -0.4 is 5.32 Å². The molecule has 36 heavy (non-hydrogen) atoms. The number of nitrogens with one attached hydrogen (secondary N) is 1. The SMILES string of the molecule is CCc1ccc(CCC(=O)N(Cc2ccccc2Cl)[C@@H](Cc2ccccc2)C(=O)NCC(C)C)cc1. The molecule has 0 saturated heterocycles. The van der Waals surface area contributed by atoms with Crippen LogP contribution in [-0.4, -0.2) is 29.3 Å². The Balaban J connectivity index is 1.89. The van der Waals surface area contributed by atoms with Crippen LogP contribution >= 0.6 is 11.6 Å². The highest BCUT2D eigenvalue weighted by Crippen LogP contribution is 2.21. The van der Waals surface area contributed by atoms with E-state index >= 15 is 0 Å². The summed E-state index contributed by atoms with van der Waals surface area (Å²) in [5.41, 5.74) is 4.22. The Hall–Kier alpha value is -3.11. The molecule has 0 heterocycles. The smallest absolute Gasteiger partial charge is 0.243 e. The molecule has 3 aromatic carbocycles. The molecule has 0 spiro atoms. The van der Waals surface area contributed by atoms with Crippen molar-refractivity contribution in [3.05, 3.63) is 106 Å². The van der Waals surface area contributed by atoms with Crippen molar-refractivity contribution in [2.24, 2.45) is 5.92 Å². The lowest BCUT2D eigenvalue weighted by molar-refractivity contribution is -0.141. The molecule has 0 bridgehead atoms. The van der Waals surface area contributed by atoms with Crippen molar-refractivity contribution < 1.29 is 9.59 Å². The van der Waals surface area contributed by atoms with Crippen molar-refractivity contribution >= 4 is 23.4 Å². The number of hydrogen-bond donors (Lipinski definition) is 1. The van der Waals surface area contributed by atoms with E-state index in [4.69, 9.17) is 11.6 Å². The van der Waals surface area contributed by atoms with Gasteiger partial charge in [-0.25, -0.2) is 0 Å². The fraction of sp³-hybridized carbons (Fsp3) is 0.355. The van der Waals surface area contributed by atoms with Crippen LogP contribution in [0.15, 0.2) is 78.9 Å². The Bertz CT molecular complexity index is 1110. The summed E-state index contributed by atoms with van der Waals surface area (Å²) < 4.78 is 0. The Kier molecular flexibility index (Phi) is 10.6. The normalized spacial score (nSPS) is 11.8. The van der Waals surface area contributed by atoms with Crippen LogP contribution in [0.3, 0.4) is 0 Å². The molecule has 0 unspecified atom stereocenters. The van der Waals surface area contributed by atoms with E-state index in [0.29, 0.717) is 36.7 Å². The molecule has 0 aliphatic carbocycles. The molecule has 0 aliphatic heterocycles. The van der Waals surface area contributed by atoms with Gasteiger partial charge in [0.25, 0.3) is 0 Å². The summed E-state index contributed by atoms with van der Waals surface area (Å²) in [6.07, 6.45) is 2.36. The zero-order valence-corrected chi connectivity index (χ0v) is 22.3. The maximum absolute atomic E-state index is 13.7. The summed E-state index contributed by atoms with van der Waals surface area (Å²) in [7, 11) is 0. The number of carbonyl (C=O) groups is 2. The first-order valence-corrected chi connectivity index (χ1v) is 13.2.